The normalized spacial score (nSPS) is 18.9. The van der Waals surface area contributed by atoms with Crippen LogP contribution in [-0.4, -0.2) is 31.8 Å². The summed E-state index contributed by atoms with van der Waals surface area (Å²) in [5.41, 5.74) is 4.36. The van der Waals surface area contributed by atoms with Gasteiger partial charge in [-0.3, -0.25) is 4.79 Å². The predicted molar refractivity (Wildman–Crippen MR) is 134 cm³/mol. The first-order chi connectivity index (χ1) is 16.9. The molecule has 1 saturated carbocycles. The van der Waals surface area contributed by atoms with Crippen molar-refractivity contribution in [2.24, 2.45) is 11.8 Å². The van der Waals surface area contributed by atoms with Crippen molar-refractivity contribution in [2.45, 2.75) is 31.7 Å². The van der Waals surface area contributed by atoms with Gasteiger partial charge in [0.2, 0.25) is 0 Å². The Balaban J connectivity index is 1.42. The molecule has 0 amide bonds. The van der Waals surface area contributed by atoms with Gasteiger partial charge in [-0.05, 0) is 71.7 Å². The van der Waals surface area contributed by atoms with Crippen molar-refractivity contribution in [3.05, 3.63) is 77.6 Å². The van der Waals surface area contributed by atoms with E-state index in [4.69, 9.17) is 9.47 Å². The number of carboxylic acid groups (broad SMARTS) is 1. The fourth-order valence-electron chi connectivity index (χ4n) is 5.22. The summed E-state index contributed by atoms with van der Waals surface area (Å²) in [4.78, 5) is 14.0. The number of methoxy groups -OCH3 is 1. The van der Waals surface area contributed by atoms with Crippen molar-refractivity contribution < 1.29 is 23.8 Å². The maximum atomic E-state index is 14.4. The number of carboxylic acids is 1. The zero-order valence-corrected chi connectivity index (χ0v) is 20.2. The molecule has 1 heterocycles. The summed E-state index contributed by atoms with van der Waals surface area (Å²) in [6, 6.07) is 18.7. The molecule has 0 radical (unpaired) electrons. The van der Waals surface area contributed by atoms with E-state index >= 15 is 0 Å². The van der Waals surface area contributed by atoms with Crippen LogP contribution in [0.1, 0.15) is 42.9 Å². The largest absolute Gasteiger partial charge is 0.497 e. The van der Waals surface area contributed by atoms with Gasteiger partial charge in [-0.1, -0.05) is 37.3 Å². The van der Waals surface area contributed by atoms with Gasteiger partial charge < -0.3 is 19.5 Å². The number of benzene rings is 3. The summed E-state index contributed by atoms with van der Waals surface area (Å²) in [7, 11) is 3.61. The highest BCUT2D eigenvalue weighted by molar-refractivity contribution is 5.72. The fourth-order valence-corrected chi connectivity index (χ4v) is 5.22. The third-order valence-corrected chi connectivity index (χ3v) is 7.45. The van der Waals surface area contributed by atoms with Gasteiger partial charge in [0.05, 0.1) is 24.8 Å². The molecule has 182 valence electrons. The van der Waals surface area contributed by atoms with Crippen LogP contribution in [0, 0.1) is 17.7 Å². The van der Waals surface area contributed by atoms with Gasteiger partial charge in [-0.25, -0.2) is 4.39 Å². The number of aliphatic carboxylic acids is 1. The molecule has 1 aliphatic heterocycles. The second-order valence-electron chi connectivity index (χ2n) is 9.62. The van der Waals surface area contributed by atoms with Crippen molar-refractivity contribution in [1.29, 1.82) is 0 Å². The lowest BCUT2D eigenvalue weighted by Gasteiger charge is -2.37. The number of hydrogen-bond acceptors (Lipinski definition) is 4. The van der Waals surface area contributed by atoms with Crippen molar-refractivity contribution in [3.8, 4) is 22.6 Å². The van der Waals surface area contributed by atoms with E-state index in [9.17, 15) is 14.3 Å². The zero-order valence-electron chi connectivity index (χ0n) is 20.2. The molecule has 3 aromatic rings. The molecule has 0 spiro atoms. The maximum Gasteiger partial charge on any atom is 0.306 e. The van der Waals surface area contributed by atoms with Gasteiger partial charge in [-0.15, -0.1) is 0 Å². The monoisotopic (exact) mass is 475 g/mol. The Morgan fingerprint density at radius 1 is 1.11 bits per heavy atom. The molecule has 2 aliphatic rings. The van der Waals surface area contributed by atoms with Crippen LogP contribution in [0.15, 0.2) is 60.7 Å². The topological polar surface area (TPSA) is 59.0 Å². The van der Waals surface area contributed by atoms with Crippen LogP contribution in [0.25, 0.3) is 11.1 Å². The van der Waals surface area contributed by atoms with Gasteiger partial charge in [0, 0.05) is 12.6 Å². The first-order valence-electron chi connectivity index (χ1n) is 12.0. The molecule has 3 atom stereocenters. The minimum Gasteiger partial charge on any atom is -0.497 e. The lowest BCUT2D eigenvalue weighted by molar-refractivity contribution is -0.142. The minimum atomic E-state index is -0.755. The van der Waals surface area contributed by atoms with E-state index in [0.717, 1.165) is 41.0 Å². The molecular formula is C29H30FNO4. The van der Waals surface area contributed by atoms with Crippen molar-refractivity contribution in [2.75, 3.05) is 25.7 Å². The fraction of sp³-hybridized carbons (Fsp3) is 0.345. The average molecular weight is 476 g/mol. The van der Waals surface area contributed by atoms with E-state index < -0.39 is 11.9 Å². The average Bonchev–Trinajstić information content (AvgIpc) is 3.70. The molecule has 0 aromatic heterocycles. The quantitative estimate of drug-likeness (QED) is 0.435. The highest BCUT2D eigenvalue weighted by Gasteiger charge is 2.39. The lowest BCUT2D eigenvalue weighted by atomic mass is 9.83. The van der Waals surface area contributed by atoms with Crippen LogP contribution in [0.3, 0.4) is 0 Å². The molecule has 1 aliphatic carbocycles. The summed E-state index contributed by atoms with van der Waals surface area (Å²) in [5.74, 6) is 0.363. The first-order valence-corrected chi connectivity index (χ1v) is 12.0. The second-order valence-corrected chi connectivity index (χ2v) is 9.62. The van der Waals surface area contributed by atoms with E-state index in [2.05, 4.69) is 11.0 Å². The van der Waals surface area contributed by atoms with E-state index in [1.165, 1.54) is 6.07 Å². The Kier molecular flexibility index (Phi) is 6.13. The number of fused-ring (bicyclic) bond motifs is 1. The van der Waals surface area contributed by atoms with Gasteiger partial charge in [-0.2, -0.15) is 0 Å². The number of anilines is 1. The third-order valence-electron chi connectivity index (χ3n) is 7.45. The zero-order chi connectivity index (χ0) is 24.7. The molecule has 5 nitrogen and oxygen atoms in total. The van der Waals surface area contributed by atoms with Crippen LogP contribution in [0.5, 0.6) is 11.5 Å². The van der Waals surface area contributed by atoms with E-state index in [-0.39, 0.29) is 17.8 Å². The summed E-state index contributed by atoms with van der Waals surface area (Å²) in [5, 5.41) is 9.66. The molecule has 5 rings (SSSR count). The molecular weight excluding hydrogens is 445 g/mol. The Morgan fingerprint density at radius 2 is 1.86 bits per heavy atom. The number of rotatable bonds is 7. The summed E-state index contributed by atoms with van der Waals surface area (Å²) >= 11 is 0. The minimum absolute atomic E-state index is 0.00335. The van der Waals surface area contributed by atoms with E-state index in [1.54, 1.807) is 26.2 Å². The van der Waals surface area contributed by atoms with Crippen LogP contribution in [0.4, 0.5) is 10.1 Å². The van der Waals surface area contributed by atoms with Crippen LogP contribution < -0.4 is 14.4 Å². The molecule has 2 unspecified atom stereocenters. The van der Waals surface area contributed by atoms with E-state index in [0.29, 0.717) is 23.8 Å². The maximum absolute atomic E-state index is 14.4. The highest BCUT2D eigenvalue weighted by Crippen LogP contribution is 2.49. The van der Waals surface area contributed by atoms with Crippen LogP contribution in [0.2, 0.25) is 0 Å². The van der Waals surface area contributed by atoms with Crippen LogP contribution in [-0.2, 0) is 4.79 Å². The summed E-state index contributed by atoms with van der Waals surface area (Å²) in [6.45, 7) is 2.30. The first kappa shape index (κ1) is 23.2. The lowest BCUT2D eigenvalue weighted by Crippen LogP contribution is -2.33. The van der Waals surface area contributed by atoms with Gasteiger partial charge in [0.1, 0.15) is 23.9 Å². The van der Waals surface area contributed by atoms with Crippen molar-refractivity contribution in [3.63, 3.8) is 0 Å². The smallest absolute Gasteiger partial charge is 0.306 e. The molecule has 3 aromatic carbocycles. The molecule has 1 fully saturated rings. The number of halogens is 1. The Morgan fingerprint density at radius 3 is 2.51 bits per heavy atom. The number of carbonyl (C=O) groups is 1. The Labute approximate surface area is 205 Å². The van der Waals surface area contributed by atoms with Gasteiger partial charge in [0.15, 0.2) is 0 Å². The SMILES string of the molecule is COc1ccc(F)c(-c2ccc(C3COc4ccc(C(C5CC5)[C@H](C)C(=O)O)cc4N3C)cc2)c1. The highest BCUT2D eigenvalue weighted by atomic mass is 19.1. The number of likely N-dealkylation sites (N-methyl/N-ethyl adjacent to an activating group) is 1. The molecule has 35 heavy (non-hydrogen) atoms. The standard InChI is InChI=1S/C29H30FNO4/c1-17(29(32)33)28(20-8-9-20)21-10-13-27-25(14-21)31(2)26(16-35-27)19-6-4-18(5-7-19)23-15-22(34-3)11-12-24(23)30/h4-7,10-15,17,20,26,28H,8-9,16H2,1-3H3,(H,32,33)/t17-,26?,28?/m0/s1. The Hall–Kier alpha value is -3.54. The number of ether oxygens (including phenoxy) is 2. The van der Waals surface area contributed by atoms with Gasteiger partial charge in [0.25, 0.3) is 0 Å². The Bertz CT molecular complexity index is 1240. The van der Waals surface area contributed by atoms with Crippen molar-refractivity contribution in [1.82, 2.24) is 0 Å². The second kappa shape index (κ2) is 9.25. The predicted octanol–water partition coefficient (Wildman–Crippen LogP) is 6.29. The number of nitrogens with zero attached hydrogens (tertiary/aromatic N) is 1. The molecule has 6 heteroatoms. The summed E-state index contributed by atoms with van der Waals surface area (Å²) < 4.78 is 25.8. The molecule has 0 bridgehead atoms. The summed E-state index contributed by atoms with van der Waals surface area (Å²) in [6.07, 6.45) is 2.16. The number of hydrogen-bond donors (Lipinski definition) is 1. The third kappa shape index (κ3) is 4.45. The van der Waals surface area contributed by atoms with Crippen LogP contribution >= 0.6 is 0 Å². The van der Waals surface area contributed by atoms with Crippen molar-refractivity contribution >= 4 is 11.7 Å². The molecule has 1 N–H and O–H groups in total. The van der Waals surface area contributed by atoms with Gasteiger partial charge >= 0.3 is 5.97 Å². The van der Waals surface area contributed by atoms with E-state index in [1.807, 2.05) is 43.4 Å². The molecule has 0 saturated heterocycles.